The third-order valence-corrected chi connectivity index (χ3v) is 3.07. The zero-order valence-electron chi connectivity index (χ0n) is 10.1. The van der Waals surface area contributed by atoms with Gasteiger partial charge in [-0.3, -0.25) is 4.79 Å². The summed E-state index contributed by atoms with van der Waals surface area (Å²) in [5.41, 5.74) is 2.71. The van der Waals surface area contributed by atoms with E-state index in [-0.39, 0.29) is 5.78 Å². The highest BCUT2D eigenvalue weighted by molar-refractivity contribution is 6.34. The molecule has 0 N–H and O–H groups in total. The summed E-state index contributed by atoms with van der Waals surface area (Å²) in [5.74, 6) is -0.0798. The van der Waals surface area contributed by atoms with Gasteiger partial charge in [0.15, 0.2) is 5.78 Å². The van der Waals surface area contributed by atoms with E-state index in [1.54, 1.807) is 24.3 Å². The fourth-order valence-electron chi connectivity index (χ4n) is 1.69. The molecule has 2 rings (SSSR count). The molecule has 2 aromatic carbocycles. The summed E-state index contributed by atoms with van der Waals surface area (Å²) in [6, 6.07) is 15.0. The van der Waals surface area contributed by atoms with Crippen LogP contribution in [0.2, 0.25) is 5.02 Å². The van der Waals surface area contributed by atoms with E-state index in [0.29, 0.717) is 10.6 Å². The number of halogens is 1. The predicted octanol–water partition coefficient (Wildman–Crippen LogP) is 4.54. The largest absolute Gasteiger partial charge is 0.289 e. The van der Waals surface area contributed by atoms with Crippen LogP contribution in [-0.4, -0.2) is 5.78 Å². The summed E-state index contributed by atoms with van der Waals surface area (Å²) in [6.07, 6.45) is 3.38. The van der Waals surface area contributed by atoms with Crippen molar-refractivity contribution in [1.29, 1.82) is 0 Å². The van der Waals surface area contributed by atoms with E-state index in [0.717, 1.165) is 11.1 Å². The molecule has 0 unspecified atom stereocenters. The number of rotatable bonds is 3. The number of allylic oxidation sites excluding steroid dienone is 1. The summed E-state index contributed by atoms with van der Waals surface area (Å²) >= 11 is 5.98. The SMILES string of the molecule is Cc1ccccc1C=CC(=O)c1ccccc1Cl. The van der Waals surface area contributed by atoms with Crippen molar-refractivity contribution in [3.8, 4) is 0 Å². The maximum Gasteiger partial charge on any atom is 0.187 e. The molecule has 0 aliphatic rings. The highest BCUT2D eigenvalue weighted by atomic mass is 35.5. The fraction of sp³-hybridized carbons (Fsp3) is 0.0625. The molecular formula is C16H13ClO. The van der Waals surface area contributed by atoms with E-state index in [2.05, 4.69) is 0 Å². The summed E-state index contributed by atoms with van der Waals surface area (Å²) in [7, 11) is 0. The first kappa shape index (κ1) is 12.6. The minimum Gasteiger partial charge on any atom is -0.289 e. The van der Waals surface area contributed by atoms with E-state index < -0.39 is 0 Å². The molecule has 18 heavy (non-hydrogen) atoms. The first-order valence-electron chi connectivity index (χ1n) is 5.71. The molecular weight excluding hydrogens is 244 g/mol. The van der Waals surface area contributed by atoms with Crippen molar-refractivity contribution in [2.75, 3.05) is 0 Å². The van der Waals surface area contributed by atoms with Crippen LogP contribution in [0.5, 0.6) is 0 Å². The molecule has 1 nitrogen and oxygen atoms in total. The average molecular weight is 257 g/mol. The lowest BCUT2D eigenvalue weighted by Gasteiger charge is -2.00. The Morgan fingerprint density at radius 1 is 1.06 bits per heavy atom. The number of hydrogen-bond donors (Lipinski definition) is 0. The van der Waals surface area contributed by atoms with Gasteiger partial charge < -0.3 is 0 Å². The lowest BCUT2D eigenvalue weighted by molar-refractivity contribution is 0.104. The molecule has 0 spiro atoms. The number of aryl methyl sites for hydroxylation is 1. The van der Waals surface area contributed by atoms with Crippen molar-refractivity contribution in [3.05, 3.63) is 76.3 Å². The maximum atomic E-state index is 12.0. The molecule has 0 heterocycles. The molecule has 2 aromatic rings. The van der Waals surface area contributed by atoms with E-state index in [1.807, 2.05) is 43.3 Å². The minimum atomic E-state index is -0.0798. The van der Waals surface area contributed by atoms with Gasteiger partial charge in [-0.15, -0.1) is 0 Å². The first-order valence-corrected chi connectivity index (χ1v) is 6.09. The monoisotopic (exact) mass is 256 g/mol. The molecule has 0 aliphatic heterocycles. The maximum absolute atomic E-state index is 12.0. The Hall–Kier alpha value is -1.86. The Morgan fingerprint density at radius 2 is 1.72 bits per heavy atom. The van der Waals surface area contributed by atoms with Crippen molar-refractivity contribution in [2.24, 2.45) is 0 Å². The van der Waals surface area contributed by atoms with Gasteiger partial charge in [-0.1, -0.05) is 54.1 Å². The van der Waals surface area contributed by atoms with Crippen LogP contribution in [-0.2, 0) is 0 Å². The molecule has 0 saturated carbocycles. The number of ketones is 1. The van der Waals surface area contributed by atoms with Gasteiger partial charge >= 0.3 is 0 Å². The third kappa shape index (κ3) is 2.88. The summed E-state index contributed by atoms with van der Waals surface area (Å²) in [5, 5.41) is 0.483. The molecule has 0 bridgehead atoms. The average Bonchev–Trinajstić information content (AvgIpc) is 2.38. The normalized spacial score (nSPS) is 10.8. The fourth-order valence-corrected chi connectivity index (χ4v) is 1.92. The Labute approximate surface area is 112 Å². The van der Waals surface area contributed by atoms with Crippen molar-refractivity contribution in [3.63, 3.8) is 0 Å². The van der Waals surface area contributed by atoms with Gasteiger partial charge in [0, 0.05) is 5.56 Å². The van der Waals surface area contributed by atoms with Gasteiger partial charge in [0.1, 0.15) is 0 Å². The standard InChI is InChI=1S/C16H13ClO/c1-12-6-2-3-7-13(12)10-11-16(18)14-8-4-5-9-15(14)17/h2-11H,1H3. The molecule has 0 fully saturated rings. The smallest absolute Gasteiger partial charge is 0.187 e. The minimum absolute atomic E-state index is 0.0798. The van der Waals surface area contributed by atoms with Crippen LogP contribution in [0.4, 0.5) is 0 Å². The van der Waals surface area contributed by atoms with Gasteiger partial charge in [-0.05, 0) is 36.3 Å². The Bertz CT molecular complexity index is 600. The Balaban J connectivity index is 2.23. The summed E-state index contributed by atoms with van der Waals surface area (Å²) in [4.78, 5) is 12.0. The second-order valence-corrected chi connectivity index (χ2v) is 4.44. The van der Waals surface area contributed by atoms with Crippen LogP contribution in [0, 0.1) is 6.92 Å². The van der Waals surface area contributed by atoms with Gasteiger partial charge in [-0.25, -0.2) is 0 Å². The van der Waals surface area contributed by atoms with Crippen molar-refractivity contribution < 1.29 is 4.79 Å². The van der Waals surface area contributed by atoms with Crippen molar-refractivity contribution in [2.45, 2.75) is 6.92 Å². The summed E-state index contributed by atoms with van der Waals surface area (Å²) < 4.78 is 0. The van der Waals surface area contributed by atoms with Crippen LogP contribution < -0.4 is 0 Å². The van der Waals surface area contributed by atoms with E-state index in [4.69, 9.17) is 11.6 Å². The predicted molar refractivity (Wildman–Crippen MR) is 76.0 cm³/mol. The third-order valence-electron chi connectivity index (χ3n) is 2.74. The van der Waals surface area contributed by atoms with Gasteiger partial charge in [0.2, 0.25) is 0 Å². The molecule has 0 amide bonds. The van der Waals surface area contributed by atoms with Crippen molar-refractivity contribution >= 4 is 23.5 Å². The number of carbonyl (C=O) groups is 1. The summed E-state index contributed by atoms with van der Waals surface area (Å²) in [6.45, 7) is 2.01. The van der Waals surface area contributed by atoms with E-state index in [9.17, 15) is 4.79 Å². The number of benzene rings is 2. The Kier molecular flexibility index (Phi) is 3.96. The Morgan fingerprint density at radius 3 is 2.44 bits per heavy atom. The zero-order chi connectivity index (χ0) is 13.0. The molecule has 0 aromatic heterocycles. The number of hydrogen-bond acceptors (Lipinski definition) is 1. The second-order valence-electron chi connectivity index (χ2n) is 4.03. The highest BCUT2D eigenvalue weighted by Gasteiger charge is 2.05. The molecule has 2 heteroatoms. The van der Waals surface area contributed by atoms with Crippen molar-refractivity contribution in [1.82, 2.24) is 0 Å². The van der Waals surface area contributed by atoms with E-state index >= 15 is 0 Å². The topological polar surface area (TPSA) is 17.1 Å². The quantitative estimate of drug-likeness (QED) is 0.582. The second kappa shape index (κ2) is 5.65. The van der Waals surface area contributed by atoms with Gasteiger partial charge in [-0.2, -0.15) is 0 Å². The molecule has 0 aliphatic carbocycles. The molecule has 90 valence electrons. The first-order chi connectivity index (χ1) is 8.68. The highest BCUT2D eigenvalue weighted by Crippen LogP contribution is 2.17. The van der Waals surface area contributed by atoms with Crippen LogP contribution in [0.3, 0.4) is 0 Å². The zero-order valence-corrected chi connectivity index (χ0v) is 10.8. The van der Waals surface area contributed by atoms with Gasteiger partial charge in [0.05, 0.1) is 5.02 Å². The lowest BCUT2D eigenvalue weighted by atomic mass is 10.1. The number of carbonyl (C=O) groups excluding carboxylic acids is 1. The molecule has 0 radical (unpaired) electrons. The lowest BCUT2D eigenvalue weighted by Crippen LogP contribution is -1.94. The van der Waals surface area contributed by atoms with Crippen LogP contribution >= 0.6 is 11.6 Å². The van der Waals surface area contributed by atoms with E-state index in [1.165, 1.54) is 0 Å². The van der Waals surface area contributed by atoms with Crippen LogP contribution in [0.1, 0.15) is 21.5 Å². The molecule has 0 atom stereocenters. The van der Waals surface area contributed by atoms with Crippen LogP contribution in [0.25, 0.3) is 6.08 Å². The van der Waals surface area contributed by atoms with Gasteiger partial charge in [0.25, 0.3) is 0 Å². The molecule has 0 saturated heterocycles. The van der Waals surface area contributed by atoms with Crippen LogP contribution in [0.15, 0.2) is 54.6 Å².